The summed E-state index contributed by atoms with van der Waals surface area (Å²) in [6, 6.07) is 16.7. The molecule has 0 spiro atoms. The number of hydrogen-bond acceptors (Lipinski definition) is 5. The van der Waals surface area contributed by atoms with E-state index in [1.54, 1.807) is 23.1 Å². The lowest BCUT2D eigenvalue weighted by atomic mass is 9.92. The van der Waals surface area contributed by atoms with Crippen LogP contribution in [0.15, 0.2) is 66.7 Å². The highest BCUT2D eigenvalue weighted by Crippen LogP contribution is 2.39. The van der Waals surface area contributed by atoms with Crippen LogP contribution in [0.3, 0.4) is 0 Å². The maximum absolute atomic E-state index is 13.2. The van der Waals surface area contributed by atoms with Crippen molar-refractivity contribution in [1.29, 1.82) is 0 Å². The number of alkyl halides is 3. The van der Waals surface area contributed by atoms with Gasteiger partial charge in [0, 0.05) is 6.54 Å². The Morgan fingerprint density at radius 1 is 0.917 bits per heavy atom. The highest BCUT2D eigenvalue weighted by Gasteiger charge is 2.34. The van der Waals surface area contributed by atoms with Gasteiger partial charge in [-0.3, -0.25) is 4.79 Å². The zero-order chi connectivity index (χ0) is 25.7. The molecule has 36 heavy (non-hydrogen) atoms. The van der Waals surface area contributed by atoms with Gasteiger partial charge in [0.1, 0.15) is 18.1 Å². The fourth-order valence-corrected chi connectivity index (χ4v) is 4.19. The van der Waals surface area contributed by atoms with Crippen LogP contribution in [-0.2, 0) is 17.4 Å². The Morgan fingerprint density at radius 2 is 1.61 bits per heavy atom. The van der Waals surface area contributed by atoms with E-state index in [4.69, 9.17) is 18.9 Å². The van der Waals surface area contributed by atoms with E-state index in [0.29, 0.717) is 30.2 Å². The zero-order valence-electron chi connectivity index (χ0n) is 19.9. The van der Waals surface area contributed by atoms with Crippen LogP contribution in [0.1, 0.15) is 22.7 Å². The first kappa shape index (κ1) is 25.2. The molecule has 0 saturated carbocycles. The molecule has 1 aliphatic rings. The molecule has 3 aromatic rings. The fraction of sp³-hybridized carbons (Fsp3) is 0.296. The minimum atomic E-state index is -4.49. The van der Waals surface area contributed by atoms with Gasteiger partial charge < -0.3 is 23.8 Å². The largest absolute Gasteiger partial charge is 0.493 e. The summed E-state index contributed by atoms with van der Waals surface area (Å²) in [4.78, 5) is 14.8. The van der Waals surface area contributed by atoms with Crippen LogP contribution in [0.2, 0.25) is 0 Å². The number of ether oxygens (including phenoxy) is 4. The minimum absolute atomic E-state index is 0.0547. The number of para-hydroxylation sites is 1. The average molecular weight is 502 g/mol. The number of methoxy groups -OCH3 is 2. The molecule has 4 rings (SSSR count). The number of benzene rings is 3. The number of fused-ring (bicyclic) bond motifs is 1. The second-order valence-corrected chi connectivity index (χ2v) is 8.20. The Morgan fingerprint density at radius 3 is 2.31 bits per heavy atom. The van der Waals surface area contributed by atoms with Gasteiger partial charge >= 0.3 is 6.18 Å². The summed E-state index contributed by atoms with van der Waals surface area (Å²) in [5.74, 6) is 1.39. The van der Waals surface area contributed by atoms with Gasteiger partial charge in [-0.2, -0.15) is 13.2 Å². The maximum atomic E-state index is 13.2. The first-order chi connectivity index (χ1) is 17.3. The van der Waals surface area contributed by atoms with Crippen LogP contribution < -0.4 is 18.9 Å². The van der Waals surface area contributed by atoms with Gasteiger partial charge in [0.05, 0.1) is 25.8 Å². The van der Waals surface area contributed by atoms with Crippen molar-refractivity contribution in [3.05, 3.63) is 83.4 Å². The Labute approximate surface area is 207 Å². The molecule has 0 fully saturated rings. The van der Waals surface area contributed by atoms with Gasteiger partial charge in [-0.05, 0) is 60.0 Å². The van der Waals surface area contributed by atoms with E-state index < -0.39 is 17.8 Å². The Hall–Kier alpha value is -3.88. The molecule has 1 aliphatic heterocycles. The monoisotopic (exact) mass is 501 g/mol. The van der Waals surface area contributed by atoms with Gasteiger partial charge in [0.15, 0.2) is 18.1 Å². The van der Waals surface area contributed by atoms with Crippen LogP contribution in [-0.4, -0.2) is 44.8 Å². The van der Waals surface area contributed by atoms with Crippen LogP contribution in [0.4, 0.5) is 13.2 Å². The Bertz CT molecular complexity index is 1200. The molecule has 0 saturated heterocycles. The third-order valence-electron chi connectivity index (χ3n) is 6.00. The maximum Gasteiger partial charge on any atom is 0.416 e. The van der Waals surface area contributed by atoms with Crippen LogP contribution >= 0.6 is 0 Å². The molecule has 9 heteroatoms. The molecule has 1 heterocycles. The van der Waals surface area contributed by atoms with E-state index in [2.05, 4.69) is 0 Å². The summed E-state index contributed by atoms with van der Waals surface area (Å²) in [5.41, 5.74) is 0.914. The summed E-state index contributed by atoms with van der Waals surface area (Å²) >= 11 is 0. The topological polar surface area (TPSA) is 57.2 Å². The van der Waals surface area contributed by atoms with Crippen molar-refractivity contribution in [2.75, 3.05) is 34.0 Å². The summed E-state index contributed by atoms with van der Waals surface area (Å²) < 4.78 is 61.8. The normalized spacial score (nSPS) is 15.1. The lowest BCUT2D eigenvalue weighted by molar-refractivity contribution is -0.137. The number of hydrogen-bond donors (Lipinski definition) is 0. The Balaban J connectivity index is 1.60. The minimum Gasteiger partial charge on any atom is -0.493 e. The molecule has 0 unspecified atom stereocenters. The fourth-order valence-electron chi connectivity index (χ4n) is 4.19. The van der Waals surface area contributed by atoms with E-state index in [1.165, 1.54) is 26.4 Å². The number of carbonyl (C=O) groups is 1. The summed E-state index contributed by atoms with van der Waals surface area (Å²) in [5, 5.41) is 0. The van der Waals surface area contributed by atoms with Crippen LogP contribution in [0.5, 0.6) is 23.0 Å². The van der Waals surface area contributed by atoms with Gasteiger partial charge in [0.2, 0.25) is 0 Å². The second kappa shape index (κ2) is 10.8. The summed E-state index contributed by atoms with van der Waals surface area (Å²) in [7, 11) is 3.05. The van der Waals surface area contributed by atoms with Gasteiger partial charge in [-0.15, -0.1) is 0 Å². The highest BCUT2D eigenvalue weighted by molar-refractivity contribution is 5.79. The molecule has 6 nitrogen and oxygen atoms in total. The smallest absolute Gasteiger partial charge is 0.416 e. The quantitative estimate of drug-likeness (QED) is 0.419. The summed E-state index contributed by atoms with van der Waals surface area (Å²) in [6.07, 6.45) is -3.93. The zero-order valence-corrected chi connectivity index (χ0v) is 19.9. The first-order valence-corrected chi connectivity index (χ1v) is 11.3. The first-order valence-electron chi connectivity index (χ1n) is 11.3. The molecular formula is C27H26F3NO5. The molecule has 1 atom stereocenters. The molecule has 0 aliphatic carbocycles. The second-order valence-electron chi connectivity index (χ2n) is 8.20. The van der Waals surface area contributed by atoms with Gasteiger partial charge in [-0.1, -0.05) is 24.3 Å². The highest BCUT2D eigenvalue weighted by atomic mass is 19.4. The van der Waals surface area contributed by atoms with E-state index in [-0.39, 0.29) is 24.9 Å². The van der Waals surface area contributed by atoms with Crippen molar-refractivity contribution in [3.63, 3.8) is 0 Å². The van der Waals surface area contributed by atoms with E-state index >= 15 is 0 Å². The average Bonchev–Trinajstić information content (AvgIpc) is 2.89. The van der Waals surface area contributed by atoms with Crippen molar-refractivity contribution in [2.24, 2.45) is 0 Å². The standard InChI is InChI=1S/C27H26F3NO5/c1-33-24-13-18-11-12-31(26(32)17-36-20-8-4-3-5-9-20)23(22(18)15-25(24)34-2)16-35-21-10-6-7-19(14-21)27(28,29)30/h3-10,13-15,23H,11-12,16-17H2,1-2H3/t23-/m1/s1. The molecule has 0 aromatic heterocycles. The number of rotatable bonds is 8. The number of halogens is 3. The van der Waals surface area contributed by atoms with Gasteiger partial charge in [0.25, 0.3) is 5.91 Å². The van der Waals surface area contributed by atoms with E-state index in [1.807, 2.05) is 24.3 Å². The lowest BCUT2D eigenvalue weighted by Crippen LogP contribution is -2.44. The van der Waals surface area contributed by atoms with Crippen molar-refractivity contribution >= 4 is 5.91 Å². The van der Waals surface area contributed by atoms with Crippen molar-refractivity contribution < 1.29 is 36.9 Å². The molecule has 0 bridgehead atoms. The van der Waals surface area contributed by atoms with Crippen LogP contribution in [0.25, 0.3) is 0 Å². The molecule has 190 valence electrons. The predicted molar refractivity (Wildman–Crippen MR) is 127 cm³/mol. The molecule has 1 amide bonds. The summed E-state index contributed by atoms with van der Waals surface area (Å²) in [6.45, 7) is 0.143. The van der Waals surface area contributed by atoms with Gasteiger partial charge in [-0.25, -0.2) is 0 Å². The third kappa shape index (κ3) is 5.67. The van der Waals surface area contributed by atoms with E-state index in [9.17, 15) is 18.0 Å². The van der Waals surface area contributed by atoms with Crippen molar-refractivity contribution in [3.8, 4) is 23.0 Å². The Kier molecular flexibility index (Phi) is 7.57. The molecular weight excluding hydrogens is 475 g/mol. The molecule has 0 N–H and O–H groups in total. The number of carbonyl (C=O) groups excluding carboxylic acids is 1. The number of amides is 1. The lowest BCUT2D eigenvalue weighted by Gasteiger charge is -2.37. The molecule has 0 radical (unpaired) electrons. The van der Waals surface area contributed by atoms with Crippen molar-refractivity contribution in [1.82, 2.24) is 4.90 Å². The number of nitrogens with zero attached hydrogens (tertiary/aromatic N) is 1. The van der Waals surface area contributed by atoms with Crippen molar-refractivity contribution in [2.45, 2.75) is 18.6 Å². The van der Waals surface area contributed by atoms with E-state index in [0.717, 1.165) is 23.3 Å². The predicted octanol–water partition coefficient (Wildman–Crippen LogP) is 5.31. The SMILES string of the molecule is COc1cc2c(cc1OC)[C@@H](COc1cccc(C(F)(F)F)c1)N(C(=O)COc1ccccc1)CC2. The third-order valence-corrected chi connectivity index (χ3v) is 6.00. The molecule has 3 aromatic carbocycles. The van der Waals surface area contributed by atoms with Crippen LogP contribution in [0, 0.1) is 0 Å².